The summed E-state index contributed by atoms with van der Waals surface area (Å²) < 4.78 is 27.4. The molecule has 9 heteroatoms. The second kappa shape index (κ2) is 7.31. The fourth-order valence-corrected chi connectivity index (χ4v) is 3.72. The fraction of sp³-hybridized carbons (Fsp3) is 0.0714. The molecule has 0 aliphatic heterocycles. The average molecular weight is 419 g/mol. The van der Waals surface area contributed by atoms with Crippen molar-refractivity contribution in [1.29, 1.82) is 0 Å². The largest absolute Gasteiger partial charge is 0.293 e. The number of rotatable bonds is 5. The highest BCUT2D eigenvalue weighted by Crippen LogP contribution is 2.26. The summed E-state index contributed by atoms with van der Waals surface area (Å²) in [6.45, 7) is -0.463. The molecule has 0 bridgehead atoms. The summed E-state index contributed by atoms with van der Waals surface area (Å²) >= 11 is 9.17. The monoisotopic (exact) mass is 417 g/mol. The van der Waals surface area contributed by atoms with Gasteiger partial charge in [0.25, 0.3) is 15.9 Å². The molecule has 0 heterocycles. The lowest BCUT2D eigenvalue weighted by Gasteiger charge is -2.23. The molecular formula is C14H13BrClN3O3S. The predicted octanol–water partition coefficient (Wildman–Crippen LogP) is 2.29. The quantitative estimate of drug-likeness (QED) is 0.443. The van der Waals surface area contributed by atoms with Gasteiger partial charge in [0.15, 0.2) is 0 Å². The predicted molar refractivity (Wildman–Crippen MR) is 92.5 cm³/mol. The maximum absolute atomic E-state index is 12.9. The molecule has 0 atom stereocenters. The van der Waals surface area contributed by atoms with Crippen LogP contribution < -0.4 is 15.6 Å². The third-order valence-electron chi connectivity index (χ3n) is 2.95. The fourth-order valence-electron chi connectivity index (χ4n) is 1.86. The van der Waals surface area contributed by atoms with Crippen molar-refractivity contribution in [2.24, 2.45) is 5.84 Å². The normalized spacial score (nSPS) is 11.1. The number of sulfonamides is 1. The van der Waals surface area contributed by atoms with Crippen LogP contribution in [0.25, 0.3) is 0 Å². The molecule has 1 amide bonds. The van der Waals surface area contributed by atoms with E-state index in [9.17, 15) is 13.2 Å². The van der Waals surface area contributed by atoms with Gasteiger partial charge in [-0.25, -0.2) is 14.3 Å². The summed E-state index contributed by atoms with van der Waals surface area (Å²) in [6, 6.07) is 12.3. The van der Waals surface area contributed by atoms with E-state index in [1.165, 1.54) is 18.2 Å². The molecule has 0 aromatic heterocycles. The number of benzene rings is 2. The van der Waals surface area contributed by atoms with E-state index in [1.807, 2.05) is 5.43 Å². The van der Waals surface area contributed by atoms with Crippen molar-refractivity contribution < 1.29 is 13.2 Å². The molecule has 23 heavy (non-hydrogen) atoms. The smallest absolute Gasteiger partial charge is 0.264 e. The van der Waals surface area contributed by atoms with Crippen LogP contribution in [0.3, 0.4) is 0 Å². The van der Waals surface area contributed by atoms with E-state index in [0.717, 1.165) is 8.78 Å². The van der Waals surface area contributed by atoms with Gasteiger partial charge in [0, 0.05) is 9.50 Å². The van der Waals surface area contributed by atoms with Gasteiger partial charge < -0.3 is 0 Å². The minimum absolute atomic E-state index is 0.0468. The van der Waals surface area contributed by atoms with E-state index in [-0.39, 0.29) is 10.6 Å². The van der Waals surface area contributed by atoms with Crippen molar-refractivity contribution in [2.75, 3.05) is 10.8 Å². The highest BCUT2D eigenvalue weighted by atomic mass is 79.9. The van der Waals surface area contributed by atoms with Crippen molar-refractivity contribution in [3.63, 3.8) is 0 Å². The van der Waals surface area contributed by atoms with Crippen molar-refractivity contribution >= 4 is 49.1 Å². The zero-order valence-corrected chi connectivity index (χ0v) is 14.9. The molecule has 2 rings (SSSR count). The molecule has 0 saturated heterocycles. The molecule has 2 aromatic rings. The Morgan fingerprint density at radius 1 is 1.22 bits per heavy atom. The van der Waals surface area contributed by atoms with E-state index in [1.54, 1.807) is 30.3 Å². The Bertz CT molecular complexity index is 812. The summed E-state index contributed by atoms with van der Waals surface area (Å²) in [7, 11) is -3.96. The van der Waals surface area contributed by atoms with Crippen molar-refractivity contribution in [2.45, 2.75) is 4.90 Å². The van der Waals surface area contributed by atoms with Gasteiger partial charge in [-0.1, -0.05) is 33.6 Å². The molecule has 0 fully saturated rings. The molecule has 0 radical (unpaired) electrons. The standard InChI is InChI=1S/C14H13BrClN3O3S/c15-10-4-6-13(7-5-10)23(21,22)19(9-14(20)18-17)12-3-1-2-11(16)8-12/h1-8H,9,17H2,(H,18,20). The SMILES string of the molecule is NNC(=O)CN(c1cccc(Cl)c1)S(=O)(=O)c1ccc(Br)cc1. The Morgan fingerprint density at radius 2 is 1.87 bits per heavy atom. The molecule has 0 aliphatic rings. The number of anilines is 1. The highest BCUT2D eigenvalue weighted by Gasteiger charge is 2.27. The Labute approximate surface area is 147 Å². The van der Waals surface area contributed by atoms with E-state index >= 15 is 0 Å². The number of hydrogen-bond donors (Lipinski definition) is 2. The van der Waals surface area contributed by atoms with Crippen LogP contribution in [0.15, 0.2) is 57.9 Å². The molecule has 2 aromatic carbocycles. The summed E-state index contributed by atoms with van der Waals surface area (Å²) in [6.07, 6.45) is 0. The topological polar surface area (TPSA) is 92.5 Å². The number of halogens is 2. The van der Waals surface area contributed by atoms with Gasteiger partial charge in [0.1, 0.15) is 6.54 Å². The van der Waals surface area contributed by atoms with Crippen LogP contribution in [0.4, 0.5) is 5.69 Å². The Kier molecular flexibility index (Phi) is 5.64. The minimum atomic E-state index is -3.96. The lowest BCUT2D eigenvalue weighted by atomic mass is 10.3. The van der Waals surface area contributed by atoms with Gasteiger partial charge in [-0.3, -0.25) is 14.5 Å². The van der Waals surface area contributed by atoms with Crippen molar-refractivity contribution in [3.05, 3.63) is 58.0 Å². The first-order chi connectivity index (χ1) is 10.8. The van der Waals surface area contributed by atoms with E-state index in [2.05, 4.69) is 15.9 Å². The van der Waals surface area contributed by atoms with Crippen LogP contribution in [0.5, 0.6) is 0 Å². The third-order valence-corrected chi connectivity index (χ3v) is 5.50. The Hall–Kier alpha value is -1.61. The summed E-state index contributed by atoms with van der Waals surface area (Å²) in [5, 5.41) is 0.353. The van der Waals surface area contributed by atoms with Gasteiger partial charge in [0.2, 0.25) is 0 Å². The number of nitrogens with one attached hydrogen (secondary N) is 1. The first-order valence-electron chi connectivity index (χ1n) is 6.38. The van der Waals surface area contributed by atoms with Gasteiger partial charge >= 0.3 is 0 Å². The van der Waals surface area contributed by atoms with E-state index in [4.69, 9.17) is 17.4 Å². The lowest BCUT2D eigenvalue weighted by molar-refractivity contribution is -0.119. The number of hydrazine groups is 1. The second-order valence-electron chi connectivity index (χ2n) is 4.51. The summed E-state index contributed by atoms with van der Waals surface area (Å²) in [4.78, 5) is 11.7. The maximum atomic E-state index is 12.9. The van der Waals surface area contributed by atoms with Crippen LogP contribution in [0.1, 0.15) is 0 Å². The van der Waals surface area contributed by atoms with E-state index < -0.39 is 22.5 Å². The van der Waals surface area contributed by atoms with E-state index in [0.29, 0.717) is 5.02 Å². The molecule has 0 unspecified atom stereocenters. The molecule has 3 N–H and O–H groups in total. The first-order valence-corrected chi connectivity index (χ1v) is 8.99. The number of nitrogens with zero attached hydrogens (tertiary/aromatic N) is 1. The van der Waals surface area contributed by atoms with Crippen molar-refractivity contribution in [3.8, 4) is 0 Å². The van der Waals surface area contributed by atoms with Gasteiger partial charge in [0.05, 0.1) is 10.6 Å². The molecule has 6 nitrogen and oxygen atoms in total. The lowest BCUT2D eigenvalue weighted by Crippen LogP contribution is -2.43. The van der Waals surface area contributed by atoms with Crippen LogP contribution in [0.2, 0.25) is 5.02 Å². The van der Waals surface area contributed by atoms with Crippen LogP contribution in [0, 0.1) is 0 Å². The van der Waals surface area contributed by atoms with Crippen molar-refractivity contribution in [1.82, 2.24) is 5.43 Å². The first kappa shape index (κ1) is 17.7. The van der Waals surface area contributed by atoms with Gasteiger partial charge in [-0.05, 0) is 42.5 Å². The van der Waals surface area contributed by atoms with Crippen LogP contribution in [-0.2, 0) is 14.8 Å². The zero-order valence-electron chi connectivity index (χ0n) is 11.7. The zero-order chi connectivity index (χ0) is 17.0. The van der Waals surface area contributed by atoms with Gasteiger partial charge in [-0.15, -0.1) is 0 Å². The minimum Gasteiger partial charge on any atom is -0.293 e. The summed E-state index contributed by atoms with van der Waals surface area (Å²) in [5.41, 5.74) is 2.19. The molecule has 122 valence electrons. The number of carbonyl (C=O) groups is 1. The number of amides is 1. The highest BCUT2D eigenvalue weighted by molar-refractivity contribution is 9.10. The van der Waals surface area contributed by atoms with Gasteiger partial charge in [-0.2, -0.15) is 0 Å². The number of carbonyl (C=O) groups excluding carboxylic acids is 1. The Balaban J connectivity index is 2.51. The molecular weight excluding hydrogens is 406 g/mol. The number of hydrogen-bond acceptors (Lipinski definition) is 4. The second-order valence-corrected chi connectivity index (χ2v) is 7.73. The molecule has 0 saturated carbocycles. The third kappa shape index (κ3) is 4.23. The number of nitrogens with two attached hydrogens (primary N) is 1. The Morgan fingerprint density at radius 3 is 2.43 bits per heavy atom. The molecule has 0 spiro atoms. The van der Waals surface area contributed by atoms with Crippen LogP contribution >= 0.6 is 27.5 Å². The molecule has 0 aliphatic carbocycles. The van der Waals surface area contributed by atoms with Crippen LogP contribution in [-0.4, -0.2) is 20.9 Å². The maximum Gasteiger partial charge on any atom is 0.264 e. The summed E-state index contributed by atoms with van der Waals surface area (Å²) in [5.74, 6) is 4.43. The average Bonchev–Trinajstić information content (AvgIpc) is 2.52.